The van der Waals surface area contributed by atoms with E-state index in [1.165, 1.54) is 4.90 Å². The topological polar surface area (TPSA) is 78.9 Å². The predicted molar refractivity (Wildman–Crippen MR) is 61.9 cm³/mol. The Labute approximate surface area is 101 Å². The van der Waals surface area contributed by atoms with Crippen molar-refractivity contribution in [1.29, 1.82) is 0 Å². The number of nitrogens with one attached hydrogen (secondary N) is 1. The molecule has 6 nitrogen and oxygen atoms in total. The number of ether oxygens (including phenoxy) is 1. The van der Waals surface area contributed by atoms with E-state index in [1.54, 1.807) is 14.0 Å². The second-order valence-corrected chi connectivity index (χ2v) is 4.46. The lowest BCUT2D eigenvalue weighted by atomic mass is 10.2. The molecule has 6 heteroatoms. The van der Waals surface area contributed by atoms with Gasteiger partial charge in [-0.1, -0.05) is 0 Å². The normalized spacial score (nSPS) is 20.9. The highest BCUT2D eigenvalue weighted by Gasteiger charge is 2.21. The number of carbonyl (C=O) groups excluding carboxylic acids is 1. The monoisotopic (exact) mass is 244 g/mol. The van der Waals surface area contributed by atoms with Gasteiger partial charge in [-0.15, -0.1) is 0 Å². The van der Waals surface area contributed by atoms with Crippen LogP contribution in [-0.2, 0) is 9.53 Å². The third kappa shape index (κ3) is 5.04. The van der Waals surface area contributed by atoms with E-state index in [4.69, 9.17) is 9.84 Å². The molecule has 98 valence electrons. The van der Waals surface area contributed by atoms with E-state index in [2.05, 4.69) is 5.32 Å². The van der Waals surface area contributed by atoms with E-state index in [9.17, 15) is 9.59 Å². The molecule has 0 spiro atoms. The summed E-state index contributed by atoms with van der Waals surface area (Å²) in [6, 6.07) is -0.624. The highest BCUT2D eigenvalue weighted by atomic mass is 16.5. The molecule has 0 aromatic carbocycles. The van der Waals surface area contributed by atoms with Gasteiger partial charge in [0.1, 0.15) is 0 Å². The number of likely N-dealkylation sites (N-methyl/N-ethyl adjacent to an activating group) is 1. The minimum absolute atomic E-state index is 0.0699. The molecule has 1 fully saturated rings. The van der Waals surface area contributed by atoms with E-state index in [0.29, 0.717) is 6.54 Å². The maximum atomic E-state index is 11.7. The van der Waals surface area contributed by atoms with Crippen molar-refractivity contribution in [3.63, 3.8) is 0 Å². The number of carboxylic acids is 1. The summed E-state index contributed by atoms with van der Waals surface area (Å²) in [7, 11) is 1.69. The van der Waals surface area contributed by atoms with Crippen molar-refractivity contribution in [2.75, 3.05) is 20.2 Å². The smallest absolute Gasteiger partial charge is 0.317 e. The number of carboxylic acid groups (broad SMARTS) is 1. The van der Waals surface area contributed by atoms with Crippen molar-refractivity contribution in [3.8, 4) is 0 Å². The standard InChI is InChI=1S/C11H20N2O4/c1-8(6-10(14)15)12-11(16)13(2)7-9-4-3-5-17-9/h8-9H,3-7H2,1-2H3,(H,12,16)(H,14,15). The van der Waals surface area contributed by atoms with Crippen LogP contribution in [0.5, 0.6) is 0 Å². The van der Waals surface area contributed by atoms with Crippen molar-refractivity contribution in [2.45, 2.75) is 38.3 Å². The average Bonchev–Trinajstić information content (AvgIpc) is 2.68. The number of carbonyl (C=O) groups is 2. The first kappa shape index (κ1) is 13.8. The number of nitrogens with zero attached hydrogens (tertiary/aromatic N) is 1. The molecule has 2 N–H and O–H groups in total. The van der Waals surface area contributed by atoms with Gasteiger partial charge in [0, 0.05) is 26.2 Å². The fourth-order valence-corrected chi connectivity index (χ4v) is 1.81. The number of amides is 2. The Balaban J connectivity index is 2.27. The molecule has 1 rings (SSSR count). The lowest BCUT2D eigenvalue weighted by molar-refractivity contribution is -0.137. The lowest BCUT2D eigenvalue weighted by Crippen LogP contribution is -2.45. The molecule has 0 aromatic rings. The zero-order valence-corrected chi connectivity index (χ0v) is 10.3. The van der Waals surface area contributed by atoms with E-state index in [1.807, 2.05) is 0 Å². The minimum Gasteiger partial charge on any atom is -0.481 e. The van der Waals surface area contributed by atoms with Crippen molar-refractivity contribution < 1.29 is 19.4 Å². The van der Waals surface area contributed by atoms with Gasteiger partial charge in [0.05, 0.1) is 12.5 Å². The van der Waals surface area contributed by atoms with Gasteiger partial charge in [-0.05, 0) is 19.8 Å². The summed E-state index contributed by atoms with van der Waals surface area (Å²) in [5.74, 6) is -0.917. The van der Waals surface area contributed by atoms with Gasteiger partial charge in [0.15, 0.2) is 0 Å². The summed E-state index contributed by atoms with van der Waals surface area (Å²) in [4.78, 5) is 23.7. The molecule has 1 saturated heterocycles. The highest BCUT2D eigenvalue weighted by molar-refractivity contribution is 5.75. The van der Waals surface area contributed by atoms with Crippen LogP contribution in [0.15, 0.2) is 0 Å². The Morgan fingerprint density at radius 1 is 1.59 bits per heavy atom. The lowest BCUT2D eigenvalue weighted by Gasteiger charge is -2.23. The van der Waals surface area contributed by atoms with Crippen molar-refractivity contribution in [1.82, 2.24) is 10.2 Å². The summed E-state index contributed by atoms with van der Waals surface area (Å²) in [6.07, 6.45) is 2.05. The molecular weight excluding hydrogens is 224 g/mol. The zero-order chi connectivity index (χ0) is 12.8. The Morgan fingerprint density at radius 2 is 2.29 bits per heavy atom. The Hall–Kier alpha value is -1.30. The first-order chi connectivity index (χ1) is 7.99. The number of rotatable bonds is 5. The molecular formula is C11H20N2O4. The fraction of sp³-hybridized carbons (Fsp3) is 0.818. The van der Waals surface area contributed by atoms with Crippen molar-refractivity contribution in [3.05, 3.63) is 0 Å². The molecule has 1 aliphatic rings. The fourth-order valence-electron chi connectivity index (χ4n) is 1.81. The van der Waals surface area contributed by atoms with Crippen LogP contribution in [0, 0.1) is 0 Å². The summed E-state index contributed by atoms with van der Waals surface area (Å²) < 4.78 is 5.43. The Morgan fingerprint density at radius 3 is 2.82 bits per heavy atom. The van der Waals surface area contributed by atoms with Gasteiger partial charge in [-0.2, -0.15) is 0 Å². The van der Waals surface area contributed by atoms with Crippen LogP contribution < -0.4 is 5.32 Å². The van der Waals surface area contributed by atoms with E-state index >= 15 is 0 Å². The SMILES string of the molecule is CC(CC(=O)O)NC(=O)N(C)CC1CCCO1. The Kier molecular flexibility index (Phi) is 5.21. The van der Waals surface area contributed by atoms with Crippen LogP contribution >= 0.6 is 0 Å². The molecule has 0 radical (unpaired) electrons. The molecule has 0 bridgehead atoms. The number of aliphatic carboxylic acids is 1. The van der Waals surface area contributed by atoms with Crippen LogP contribution in [0.2, 0.25) is 0 Å². The summed E-state index contributed by atoms with van der Waals surface area (Å²) in [5, 5.41) is 11.2. The van der Waals surface area contributed by atoms with E-state index in [-0.39, 0.29) is 24.6 Å². The van der Waals surface area contributed by atoms with Crippen molar-refractivity contribution in [2.24, 2.45) is 0 Å². The molecule has 0 aliphatic carbocycles. The minimum atomic E-state index is -0.917. The van der Waals surface area contributed by atoms with Crippen LogP contribution in [0.25, 0.3) is 0 Å². The van der Waals surface area contributed by atoms with Gasteiger partial charge in [0.2, 0.25) is 0 Å². The summed E-state index contributed by atoms with van der Waals surface area (Å²) >= 11 is 0. The number of urea groups is 1. The van der Waals surface area contributed by atoms with Crippen molar-refractivity contribution >= 4 is 12.0 Å². The van der Waals surface area contributed by atoms with Crippen LogP contribution in [0.1, 0.15) is 26.2 Å². The van der Waals surface area contributed by atoms with Gasteiger partial charge in [-0.3, -0.25) is 4.79 Å². The van der Waals surface area contributed by atoms with Crippen LogP contribution in [0.4, 0.5) is 4.79 Å². The third-order valence-electron chi connectivity index (χ3n) is 2.70. The van der Waals surface area contributed by atoms with E-state index in [0.717, 1.165) is 19.4 Å². The molecule has 0 aromatic heterocycles. The van der Waals surface area contributed by atoms with Gasteiger partial charge in [0.25, 0.3) is 0 Å². The third-order valence-corrected chi connectivity index (χ3v) is 2.70. The summed E-state index contributed by atoms with van der Waals surface area (Å²) in [5.41, 5.74) is 0. The average molecular weight is 244 g/mol. The molecule has 0 saturated carbocycles. The number of hydrogen-bond donors (Lipinski definition) is 2. The zero-order valence-electron chi connectivity index (χ0n) is 10.3. The second-order valence-electron chi connectivity index (χ2n) is 4.46. The van der Waals surface area contributed by atoms with E-state index < -0.39 is 5.97 Å². The number of hydrogen-bond acceptors (Lipinski definition) is 3. The quantitative estimate of drug-likeness (QED) is 0.745. The predicted octanol–water partition coefficient (Wildman–Crippen LogP) is 0.670. The maximum Gasteiger partial charge on any atom is 0.317 e. The second kappa shape index (κ2) is 6.44. The molecule has 2 unspecified atom stereocenters. The first-order valence-electron chi connectivity index (χ1n) is 5.84. The van der Waals surface area contributed by atoms with Gasteiger partial charge < -0.3 is 20.1 Å². The molecule has 2 amide bonds. The summed E-state index contributed by atoms with van der Waals surface area (Å²) in [6.45, 7) is 2.98. The van der Waals surface area contributed by atoms with Gasteiger partial charge in [-0.25, -0.2) is 4.79 Å². The molecule has 1 heterocycles. The van der Waals surface area contributed by atoms with Crippen LogP contribution in [-0.4, -0.2) is 54.4 Å². The molecule has 17 heavy (non-hydrogen) atoms. The molecule has 1 aliphatic heterocycles. The van der Waals surface area contributed by atoms with Crippen LogP contribution in [0.3, 0.4) is 0 Å². The Bertz CT molecular complexity index is 277. The molecule has 2 atom stereocenters. The maximum absolute atomic E-state index is 11.7. The largest absolute Gasteiger partial charge is 0.481 e. The first-order valence-corrected chi connectivity index (χ1v) is 5.84. The highest BCUT2D eigenvalue weighted by Crippen LogP contribution is 2.12. The van der Waals surface area contributed by atoms with Gasteiger partial charge >= 0.3 is 12.0 Å².